The number of nitriles is 1. The number of hydrogen-bond donors (Lipinski definition) is 1. The van der Waals surface area contributed by atoms with E-state index in [2.05, 4.69) is 12.2 Å². The number of benzene rings is 1. The summed E-state index contributed by atoms with van der Waals surface area (Å²) in [5.41, 5.74) is 1.16. The second-order valence-corrected chi connectivity index (χ2v) is 9.20. The van der Waals surface area contributed by atoms with E-state index in [-0.39, 0.29) is 18.6 Å². The normalized spacial score (nSPS) is 30.7. The summed E-state index contributed by atoms with van der Waals surface area (Å²) in [7, 11) is 1.56. The lowest BCUT2D eigenvalue weighted by Gasteiger charge is -2.59. The van der Waals surface area contributed by atoms with Crippen molar-refractivity contribution in [2.75, 3.05) is 13.7 Å². The molecule has 0 radical (unpaired) electrons. The Labute approximate surface area is 173 Å². The van der Waals surface area contributed by atoms with Crippen molar-refractivity contribution in [3.63, 3.8) is 0 Å². The third-order valence-electron chi connectivity index (χ3n) is 7.27. The number of ether oxygens (including phenoxy) is 2. The summed E-state index contributed by atoms with van der Waals surface area (Å²) in [5, 5.41) is 11.9. The minimum Gasteiger partial charge on any atom is -0.493 e. The molecule has 1 amide bonds. The number of carbonyl (C=O) groups is 1. The Hall–Kier alpha value is -2.48. The van der Waals surface area contributed by atoms with Crippen molar-refractivity contribution >= 4 is 12.0 Å². The SMILES string of the molecule is COc1cc(/C=C/C(=O)N[C@H](C)C23CC4CC(CC(C4)C2)C3)ccc1OCC#N. The summed E-state index contributed by atoms with van der Waals surface area (Å²) >= 11 is 0. The summed E-state index contributed by atoms with van der Waals surface area (Å²) < 4.78 is 10.7. The Morgan fingerprint density at radius 1 is 1.24 bits per heavy atom. The van der Waals surface area contributed by atoms with E-state index in [0.717, 1.165) is 23.3 Å². The minimum absolute atomic E-state index is 0.0316. The first kappa shape index (κ1) is 19.8. The molecule has 0 unspecified atom stereocenters. The van der Waals surface area contributed by atoms with Crippen LogP contribution in [0.2, 0.25) is 0 Å². The summed E-state index contributed by atoms with van der Waals surface area (Å²) in [5.74, 6) is 3.66. The van der Waals surface area contributed by atoms with Crippen LogP contribution in [0.3, 0.4) is 0 Å². The molecular formula is C24H30N2O3. The quantitative estimate of drug-likeness (QED) is 0.699. The molecule has 0 aliphatic heterocycles. The van der Waals surface area contributed by atoms with Gasteiger partial charge in [-0.3, -0.25) is 4.79 Å². The maximum Gasteiger partial charge on any atom is 0.244 e. The molecule has 5 nitrogen and oxygen atoms in total. The summed E-state index contributed by atoms with van der Waals surface area (Å²) in [6.45, 7) is 2.17. The molecule has 4 saturated carbocycles. The van der Waals surface area contributed by atoms with Gasteiger partial charge in [-0.2, -0.15) is 5.26 Å². The molecule has 4 bridgehead atoms. The van der Waals surface area contributed by atoms with Gasteiger partial charge in [-0.05, 0) is 92.4 Å². The number of hydrogen-bond acceptors (Lipinski definition) is 4. The van der Waals surface area contributed by atoms with Gasteiger partial charge in [0.05, 0.1) is 7.11 Å². The molecule has 4 fully saturated rings. The van der Waals surface area contributed by atoms with Gasteiger partial charge >= 0.3 is 0 Å². The van der Waals surface area contributed by atoms with Crippen LogP contribution in [-0.2, 0) is 4.79 Å². The van der Waals surface area contributed by atoms with E-state index in [9.17, 15) is 4.79 Å². The fourth-order valence-corrected chi connectivity index (χ4v) is 6.31. The zero-order chi connectivity index (χ0) is 20.4. The zero-order valence-electron chi connectivity index (χ0n) is 17.3. The molecule has 0 saturated heterocycles. The third-order valence-corrected chi connectivity index (χ3v) is 7.27. The lowest BCUT2D eigenvalue weighted by Crippen LogP contribution is -2.55. The first-order valence-electron chi connectivity index (χ1n) is 10.7. The Morgan fingerprint density at radius 3 is 2.48 bits per heavy atom. The average molecular weight is 395 g/mol. The molecule has 0 spiro atoms. The van der Waals surface area contributed by atoms with Crippen LogP contribution < -0.4 is 14.8 Å². The van der Waals surface area contributed by atoms with Crippen LogP contribution in [0, 0.1) is 34.5 Å². The fourth-order valence-electron chi connectivity index (χ4n) is 6.31. The molecule has 1 N–H and O–H groups in total. The second-order valence-electron chi connectivity index (χ2n) is 9.20. The van der Waals surface area contributed by atoms with Crippen molar-refractivity contribution in [3.8, 4) is 17.6 Å². The van der Waals surface area contributed by atoms with Crippen molar-refractivity contribution in [1.29, 1.82) is 5.26 Å². The van der Waals surface area contributed by atoms with E-state index in [1.165, 1.54) is 38.5 Å². The van der Waals surface area contributed by atoms with Gasteiger partial charge in [0.25, 0.3) is 0 Å². The molecule has 0 aromatic heterocycles. The predicted octanol–water partition coefficient (Wildman–Crippen LogP) is 4.33. The molecule has 29 heavy (non-hydrogen) atoms. The lowest BCUT2D eigenvalue weighted by atomic mass is 9.48. The summed E-state index contributed by atoms with van der Waals surface area (Å²) in [6, 6.07) is 7.56. The molecule has 1 aromatic carbocycles. The highest BCUT2D eigenvalue weighted by atomic mass is 16.5. The monoisotopic (exact) mass is 394 g/mol. The first-order chi connectivity index (χ1) is 14.0. The second kappa shape index (κ2) is 8.10. The van der Waals surface area contributed by atoms with Gasteiger partial charge in [-0.1, -0.05) is 6.07 Å². The molecule has 4 aliphatic carbocycles. The highest BCUT2D eigenvalue weighted by molar-refractivity contribution is 5.92. The average Bonchev–Trinajstić information content (AvgIpc) is 2.70. The van der Waals surface area contributed by atoms with Gasteiger partial charge in [-0.15, -0.1) is 0 Å². The van der Waals surface area contributed by atoms with Crippen LogP contribution in [0.25, 0.3) is 6.08 Å². The van der Waals surface area contributed by atoms with Crippen molar-refractivity contribution in [2.24, 2.45) is 23.2 Å². The number of rotatable bonds is 7. The summed E-state index contributed by atoms with van der Waals surface area (Å²) in [6.07, 6.45) is 11.5. The lowest BCUT2D eigenvalue weighted by molar-refractivity contribution is -0.121. The van der Waals surface area contributed by atoms with Crippen molar-refractivity contribution in [1.82, 2.24) is 5.32 Å². The van der Waals surface area contributed by atoms with Crippen molar-refractivity contribution in [2.45, 2.75) is 51.5 Å². The van der Waals surface area contributed by atoms with E-state index >= 15 is 0 Å². The molecule has 0 heterocycles. The Balaban J connectivity index is 1.38. The molecular weight excluding hydrogens is 364 g/mol. The maximum absolute atomic E-state index is 12.6. The molecule has 1 aromatic rings. The van der Waals surface area contributed by atoms with Crippen LogP contribution >= 0.6 is 0 Å². The van der Waals surface area contributed by atoms with Crippen molar-refractivity contribution in [3.05, 3.63) is 29.8 Å². The Kier molecular flexibility index (Phi) is 5.54. The van der Waals surface area contributed by atoms with Crippen LogP contribution in [0.5, 0.6) is 11.5 Å². The van der Waals surface area contributed by atoms with Gasteiger partial charge in [-0.25, -0.2) is 0 Å². The van der Waals surface area contributed by atoms with E-state index in [1.54, 1.807) is 31.4 Å². The van der Waals surface area contributed by atoms with Crippen LogP contribution in [-0.4, -0.2) is 25.7 Å². The van der Waals surface area contributed by atoms with Gasteiger partial charge in [0.1, 0.15) is 6.07 Å². The van der Waals surface area contributed by atoms with Crippen LogP contribution in [0.15, 0.2) is 24.3 Å². The predicted molar refractivity (Wildman–Crippen MR) is 111 cm³/mol. The van der Waals surface area contributed by atoms with E-state index in [1.807, 2.05) is 12.1 Å². The number of nitrogens with one attached hydrogen (secondary N) is 1. The maximum atomic E-state index is 12.6. The van der Waals surface area contributed by atoms with Gasteiger partial charge in [0.15, 0.2) is 18.1 Å². The number of nitrogens with zero attached hydrogens (tertiary/aromatic N) is 1. The highest BCUT2D eigenvalue weighted by Gasteiger charge is 2.53. The molecule has 1 atom stereocenters. The van der Waals surface area contributed by atoms with E-state index < -0.39 is 0 Å². The van der Waals surface area contributed by atoms with Crippen LogP contribution in [0.1, 0.15) is 51.0 Å². The summed E-state index contributed by atoms with van der Waals surface area (Å²) in [4.78, 5) is 12.6. The topological polar surface area (TPSA) is 71.3 Å². The number of methoxy groups -OCH3 is 1. The number of carbonyl (C=O) groups excluding carboxylic acids is 1. The standard InChI is InChI=1S/C24H30N2O3/c1-16(24-13-18-9-19(14-24)11-20(10-18)15-24)26-23(27)6-4-17-3-5-21(29-8-7-25)22(12-17)28-2/h3-6,12,16,18-20H,8-11,13-15H2,1-2H3,(H,26,27)/b6-4+/t16-,18?,19?,20?,24?/m1/s1. The molecule has 5 rings (SSSR count). The largest absolute Gasteiger partial charge is 0.493 e. The van der Waals surface area contributed by atoms with Crippen molar-refractivity contribution < 1.29 is 14.3 Å². The highest BCUT2D eigenvalue weighted by Crippen LogP contribution is 2.61. The molecule has 5 heteroatoms. The first-order valence-corrected chi connectivity index (χ1v) is 10.7. The Bertz CT molecular complexity index is 804. The van der Waals surface area contributed by atoms with Gasteiger partial charge < -0.3 is 14.8 Å². The Morgan fingerprint density at radius 2 is 1.90 bits per heavy atom. The molecule has 154 valence electrons. The number of amides is 1. The van der Waals surface area contributed by atoms with Gasteiger partial charge in [0, 0.05) is 12.1 Å². The third kappa shape index (κ3) is 4.12. The van der Waals surface area contributed by atoms with E-state index in [4.69, 9.17) is 14.7 Å². The zero-order valence-corrected chi connectivity index (χ0v) is 17.3. The smallest absolute Gasteiger partial charge is 0.244 e. The van der Waals surface area contributed by atoms with Gasteiger partial charge in [0.2, 0.25) is 5.91 Å². The fraction of sp³-hybridized carbons (Fsp3) is 0.583. The van der Waals surface area contributed by atoms with Crippen LogP contribution in [0.4, 0.5) is 0 Å². The van der Waals surface area contributed by atoms with E-state index in [0.29, 0.717) is 16.9 Å². The minimum atomic E-state index is -0.0444. The molecule has 4 aliphatic rings.